The highest BCUT2D eigenvalue weighted by molar-refractivity contribution is 6.74. The second-order valence-electron chi connectivity index (χ2n) is 17.3. The molecular formula is C34H62O4Si2. The van der Waals surface area contributed by atoms with Gasteiger partial charge in [0.1, 0.15) is 6.10 Å². The Bertz CT molecular complexity index is 996. The maximum absolute atomic E-state index is 13.6. The minimum atomic E-state index is -2.26. The minimum absolute atomic E-state index is 0.00434. The Kier molecular flexibility index (Phi) is 9.26. The van der Waals surface area contributed by atoms with Crippen LogP contribution in [-0.2, 0) is 18.4 Å². The summed E-state index contributed by atoms with van der Waals surface area (Å²) in [7, 11) is -2.80. The monoisotopic (exact) mass is 590 g/mol. The van der Waals surface area contributed by atoms with Crippen molar-refractivity contribution in [2.45, 2.75) is 143 Å². The van der Waals surface area contributed by atoms with Gasteiger partial charge in [-0.2, -0.15) is 0 Å². The Hall–Kier alpha value is -0.856. The second-order valence-corrected chi connectivity index (χ2v) is 26.8. The zero-order valence-corrected chi connectivity index (χ0v) is 30.5. The maximum atomic E-state index is 13.6. The van der Waals surface area contributed by atoms with Gasteiger partial charge in [-0.25, -0.2) is 4.79 Å². The normalized spacial score (nSPS) is 32.2. The van der Waals surface area contributed by atoms with Gasteiger partial charge in [0.2, 0.25) is 8.32 Å². The highest BCUT2D eigenvalue weighted by Crippen LogP contribution is 2.65. The first-order valence-electron chi connectivity index (χ1n) is 15.8. The lowest BCUT2D eigenvalue weighted by Gasteiger charge is -2.46. The molecule has 3 aliphatic carbocycles. The van der Waals surface area contributed by atoms with E-state index in [-0.39, 0.29) is 33.3 Å². The van der Waals surface area contributed by atoms with Gasteiger partial charge in [0.05, 0.1) is 12.9 Å². The number of fused-ring (bicyclic) bond motifs is 1. The molecule has 0 unspecified atom stereocenters. The molecule has 0 amide bonds. The molecule has 0 spiro atoms. The van der Waals surface area contributed by atoms with E-state index in [1.807, 2.05) is 0 Å². The van der Waals surface area contributed by atoms with E-state index in [1.165, 1.54) is 31.9 Å². The molecule has 2 fully saturated rings. The van der Waals surface area contributed by atoms with E-state index >= 15 is 0 Å². The summed E-state index contributed by atoms with van der Waals surface area (Å²) < 4.78 is 19.5. The van der Waals surface area contributed by atoms with Crippen LogP contribution in [0.2, 0.25) is 36.3 Å². The molecule has 2 saturated carbocycles. The topological polar surface area (TPSA) is 44.8 Å². The number of rotatable bonds is 7. The van der Waals surface area contributed by atoms with Crippen molar-refractivity contribution in [2.75, 3.05) is 7.11 Å². The molecule has 0 heterocycles. The van der Waals surface area contributed by atoms with Gasteiger partial charge in [-0.3, -0.25) is 0 Å². The van der Waals surface area contributed by atoms with Crippen LogP contribution in [0.1, 0.15) is 101 Å². The number of carbonyl (C=O) groups is 1. The first kappa shape index (κ1) is 33.6. The molecule has 6 atom stereocenters. The summed E-state index contributed by atoms with van der Waals surface area (Å²) >= 11 is 0. The molecule has 0 N–H and O–H groups in total. The average molecular weight is 591 g/mol. The molecule has 6 heteroatoms. The average Bonchev–Trinajstić information content (AvgIpc) is 3.34. The molecule has 0 bridgehead atoms. The Morgan fingerprint density at radius 2 is 1.57 bits per heavy atom. The Balaban J connectivity index is 2.13. The van der Waals surface area contributed by atoms with E-state index in [1.54, 1.807) is 0 Å². The van der Waals surface area contributed by atoms with Crippen molar-refractivity contribution >= 4 is 22.6 Å². The van der Waals surface area contributed by atoms with Crippen LogP contribution in [0.25, 0.3) is 0 Å². The lowest BCUT2D eigenvalue weighted by atomic mass is 9.59. The Morgan fingerprint density at radius 1 is 1.00 bits per heavy atom. The summed E-state index contributed by atoms with van der Waals surface area (Å²) in [5, 5.41) is 0.0893. The van der Waals surface area contributed by atoms with Gasteiger partial charge in [0, 0.05) is 12.3 Å². The molecule has 0 aromatic carbocycles. The number of carbonyl (C=O) groups excluding carboxylic acids is 1. The molecular weight excluding hydrogens is 529 g/mol. The molecule has 0 aromatic rings. The summed E-state index contributed by atoms with van der Waals surface area (Å²) in [6.45, 7) is 34.9. The number of hydrogen-bond acceptors (Lipinski definition) is 4. The van der Waals surface area contributed by atoms with Crippen molar-refractivity contribution in [3.8, 4) is 0 Å². The van der Waals surface area contributed by atoms with Gasteiger partial charge in [-0.15, -0.1) is 0 Å². The molecule has 0 saturated heterocycles. The fourth-order valence-electron chi connectivity index (χ4n) is 7.53. The van der Waals surface area contributed by atoms with Crippen molar-refractivity contribution in [1.82, 2.24) is 0 Å². The van der Waals surface area contributed by atoms with Crippen molar-refractivity contribution in [1.29, 1.82) is 0 Å². The first-order valence-corrected chi connectivity index (χ1v) is 21.6. The SMILES string of the molecule is C=C1CCCC(C)(C)[C@@H]2CC[C@@](C)([C@@H]3C=C(O[Si](C)(C)C(C)(C)C)C[C@H]3[C@@H](O[Si](C)(C)C(C)(C)C)C(=O)OC)[C@H]12. The molecule has 0 aliphatic heterocycles. The molecule has 40 heavy (non-hydrogen) atoms. The number of methoxy groups -OCH3 is 1. The predicted molar refractivity (Wildman–Crippen MR) is 173 cm³/mol. The van der Waals surface area contributed by atoms with E-state index in [0.29, 0.717) is 17.3 Å². The predicted octanol–water partition coefficient (Wildman–Crippen LogP) is 9.89. The van der Waals surface area contributed by atoms with Crippen molar-refractivity contribution in [2.24, 2.45) is 34.5 Å². The van der Waals surface area contributed by atoms with Crippen molar-refractivity contribution < 1.29 is 18.4 Å². The lowest BCUT2D eigenvalue weighted by molar-refractivity contribution is -0.154. The van der Waals surface area contributed by atoms with Gasteiger partial charge < -0.3 is 13.6 Å². The quantitative estimate of drug-likeness (QED) is 0.168. The third-order valence-corrected chi connectivity index (χ3v) is 21.0. The summed E-state index contributed by atoms with van der Waals surface area (Å²) in [6, 6.07) is 0. The number of esters is 1. The lowest BCUT2D eigenvalue weighted by Crippen LogP contribution is -2.51. The third kappa shape index (κ3) is 6.25. The summed E-state index contributed by atoms with van der Waals surface area (Å²) in [4.78, 5) is 13.6. The van der Waals surface area contributed by atoms with Gasteiger partial charge in [-0.1, -0.05) is 74.5 Å². The summed E-state index contributed by atoms with van der Waals surface area (Å²) in [5.74, 6) is 2.04. The second kappa shape index (κ2) is 11.0. The molecule has 3 aliphatic rings. The maximum Gasteiger partial charge on any atom is 0.334 e. The van der Waals surface area contributed by atoms with Crippen LogP contribution in [-0.4, -0.2) is 35.8 Å². The molecule has 0 radical (unpaired) electrons. The van der Waals surface area contributed by atoms with Gasteiger partial charge in [-0.05, 0) is 103 Å². The first-order chi connectivity index (χ1) is 18.0. The molecule has 3 rings (SSSR count). The standard InChI is InChI=1S/C34H62O4Si2/c1-23-17-16-19-33(8,9)26-18-20-34(10,28(23)26)27-22-24(37-39(12,13)31(2,3)4)21-25(27)29(30(35)36-11)38-40(14,15)32(5,6)7/h22,25-29H,1,16-21H2,2-15H3/t25-,26-,27-,28-,29-,34+/m1/s1. The van der Waals surface area contributed by atoms with Crippen LogP contribution >= 0.6 is 0 Å². The van der Waals surface area contributed by atoms with Crippen LogP contribution in [0.3, 0.4) is 0 Å². The van der Waals surface area contributed by atoms with Crippen LogP contribution < -0.4 is 0 Å². The number of allylic oxidation sites excluding steroid dienone is 3. The van der Waals surface area contributed by atoms with Crippen LogP contribution in [0.5, 0.6) is 0 Å². The minimum Gasteiger partial charge on any atom is -0.547 e. The fourth-order valence-corrected chi connectivity index (χ4v) is 9.90. The smallest absolute Gasteiger partial charge is 0.334 e. The Labute approximate surface area is 249 Å². The van der Waals surface area contributed by atoms with E-state index in [9.17, 15) is 4.79 Å². The zero-order valence-electron chi connectivity index (χ0n) is 28.5. The third-order valence-electron chi connectivity index (χ3n) is 12.1. The Morgan fingerprint density at radius 3 is 2.10 bits per heavy atom. The fraction of sp³-hybridized carbons (Fsp3) is 0.853. The van der Waals surface area contributed by atoms with Crippen LogP contribution in [0.15, 0.2) is 24.0 Å². The van der Waals surface area contributed by atoms with Gasteiger partial charge >= 0.3 is 5.97 Å². The van der Waals surface area contributed by atoms with E-state index < -0.39 is 22.7 Å². The molecule has 230 valence electrons. The van der Waals surface area contributed by atoms with Gasteiger partial charge in [0.15, 0.2) is 8.32 Å². The zero-order chi connectivity index (χ0) is 30.7. The summed E-state index contributed by atoms with van der Waals surface area (Å²) in [5.41, 5.74) is 1.70. The van der Waals surface area contributed by atoms with E-state index in [4.69, 9.17) is 20.2 Å². The van der Waals surface area contributed by atoms with Crippen molar-refractivity contribution in [3.63, 3.8) is 0 Å². The highest BCUT2D eigenvalue weighted by atomic mass is 28.4. The van der Waals surface area contributed by atoms with Crippen molar-refractivity contribution in [3.05, 3.63) is 24.0 Å². The van der Waals surface area contributed by atoms with E-state index in [2.05, 4.69) is 94.6 Å². The van der Waals surface area contributed by atoms with E-state index in [0.717, 1.165) is 25.0 Å². The highest BCUT2D eigenvalue weighted by Gasteiger charge is 2.59. The number of hydrogen-bond donors (Lipinski definition) is 0. The molecule has 4 nitrogen and oxygen atoms in total. The van der Waals surface area contributed by atoms with Gasteiger partial charge in [0.25, 0.3) is 0 Å². The van der Waals surface area contributed by atoms with Crippen LogP contribution in [0.4, 0.5) is 0 Å². The number of ether oxygens (including phenoxy) is 1. The largest absolute Gasteiger partial charge is 0.547 e. The molecule has 0 aromatic heterocycles. The summed E-state index contributed by atoms with van der Waals surface area (Å²) in [6.07, 6.45) is 8.51. The van der Waals surface area contributed by atoms with Crippen LogP contribution in [0, 0.1) is 34.5 Å².